The summed E-state index contributed by atoms with van der Waals surface area (Å²) in [6, 6.07) is 9.06. The quantitative estimate of drug-likeness (QED) is 0.468. The van der Waals surface area contributed by atoms with Gasteiger partial charge in [0.2, 0.25) is 0 Å². The molecule has 0 saturated carbocycles. The summed E-state index contributed by atoms with van der Waals surface area (Å²) in [6.45, 7) is 5.52. The summed E-state index contributed by atoms with van der Waals surface area (Å²) >= 11 is 0. The van der Waals surface area contributed by atoms with Gasteiger partial charge < -0.3 is 19.9 Å². The van der Waals surface area contributed by atoms with E-state index >= 15 is 0 Å². The Morgan fingerprint density at radius 2 is 2.13 bits per heavy atom. The summed E-state index contributed by atoms with van der Waals surface area (Å²) in [6.07, 6.45) is 0.857. The lowest BCUT2D eigenvalue weighted by atomic mass is 9.96. The van der Waals surface area contributed by atoms with Gasteiger partial charge in [-0.2, -0.15) is 5.26 Å². The number of phosphoric ester groups is 1. The van der Waals surface area contributed by atoms with E-state index in [0.29, 0.717) is 23.1 Å². The molecule has 3 aliphatic heterocycles. The van der Waals surface area contributed by atoms with Crippen LogP contribution in [0.15, 0.2) is 36.9 Å². The number of nitriles is 1. The van der Waals surface area contributed by atoms with Crippen LogP contribution in [0.1, 0.15) is 50.7 Å². The van der Waals surface area contributed by atoms with Gasteiger partial charge in [0.1, 0.15) is 29.7 Å². The van der Waals surface area contributed by atoms with Gasteiger partial charge in [-0.05, 0) is 38.5 Å². The lowest BCUT2D eigenvalue weighted by Gasteiger charge is -2.30. The predicted octanol–water partition coefficient (Wildman–Crippen LogP) is 3.39. The highest BCUT2D eigenvalue weighted by Crippen LogP contribution is 2.58. The predicted molar refractivity (Wildman–Crippen MR) is 131 cm³/mol. The molecule has 14 heteroatoms. The van der Waals surface area contributed by atoms with Gasteiger partial charge in [0.15, 0.2) is 23.5 Å². The third kappa shape index (κ3) is 4.28. The number of rotatable bonds is 5. The maximum absolute atomic E-state index is 13.4. The number of nitrogens with zero attached hydrogens (tertiary/aromatic N) is 5. The highest BCUT2D eigenvalue weighted by atomic mass is 31.2. The van der Waals surface area contributed by atoms with Crippen molar-refractivity contribution in [2.24, 2.45) is 0 Å². The third-order valence-electron chi connectivity index (χ3n) is 6.88. The highest BCUT2D eigenvalue weighted by molar-refractivity contribution is 7.48. The average Bonchev–Trinajstić information content (AvgIpc) is 3.50. The van der Waals surface area contributed by atoms with Crippen molar-refractivity contribution < 1.29 is 32.3 Å². The number of hydrogen-bond acceptors (Lipinski definition) is 12. The van der Waals surface area contributed by atoms with E-state index in [9.17, 15) is 9.83 Å². The zero-order valence-corrected chi connectivity index (χ0v) is 21.9. The largest absolute Gasteiger partial charge is 0.475 e. The number of benzene rings is 1. The molecule has 2 unspecified atom stereocenters. The van der Waals surface area contributed by atoms with Gasteiger partial charge in [0.25, 0.3) is 0 Å². The summed E-state index contributed by atoms with van der Waals surface area (Å²) in [5.74, 6) is -0.667. The van der Waals surface area contributed by atoms with E-state index in [1.54, 1.807) is 29.1 Å². The fourth-order valence-corrected chi connectivity index (χ4v) is 6.73. The first-order valence-corrected chi connectivity index (χ1v) is 13.6. The van der Waals surface area contributed by atoms with Crippen LogP contribution in [0, 0.1) is 11.3 Å². The molecule has 38 heavy (non-hydrogen) atoms. The molecule has 0 radical (unpaired) electrons. The highest BCUT2D eigenvalue weighted by Gasteiger charge is 2.64. The molecule has 5 heterocycles. The molecular weight excluding hydrogens is 515 g/mol. The number of imidazole rings is 1. The Kier molecular flexibility index (Phi) is 6.04. The van der Waals surface area contributed by atoms with Crippen LogP contribution in [0.2, 0.25) is 0 Å². The summed E-state index contributed by atoms with van der Waals surface area (Å²) in [4.78, 5) is 12.7. The molecule has 0 amide bonds. The first kappa shape index (κ1) is 25.3. The molecule has 3 saturated heterocycles. The standard InChI is InChI=1S/C24H27N6O7P/c1-23(2)35-19-17(11-33-38(31)32-8-7-16(36-38)15-6-4-5-14(9-15)10-25)34-22(24(19,3)37-23)30-13-29-18-20(26)27-12-28-21(18)30/h4-6,9,12-13,16-17,19,22H,7-8,11H2,1-3H3,(H2,26,27,28)/t16?,17-,19-,22-,24-,38?/m1/s1. The molecule has 0 aliphatic carbocycles. The number of hydrogen-bond donors (Lipinski definition) is 1. The summed E-state index contributed by atoms with van der Waals surface area (Å²) < 4.78 is 51.1. The second kappa shape index (κ2) is 9.07. The normalized spacial score (nSPS) is 34.3. The molecule has 200 valence electrons. The first-order chi connectivity index (χ1) is 18.1. The molecular formula is C24H27N6O7P. The van der Waals surface area contributed by atoms with E-state index < -0.39 is 43.8 Å². The van der Waals surface area contributed by atoms with E-state index in [1.165, 1.54) is 6.33 Å². The molecule has 3 fully saturated rings. The summed E-state index contributed by atoms with van der Waals surface area (Å²) in [5.41, 5.74) is 7.14. The Bertz CT molecular complexity index is 1470. The molecule has 1 aromatic carbocycles. The van der Waals surface area contributed by atoms with Crippen molar-refractivity contribution >= 4 is 24.8 Å². The monoisotopic (exact) mass is 542 g/mol. The van der Waals surface area contributed by atoms with Crippen LogP contribution >= 0.6 is 7.82 Å². The van der Waals surface area contributed by atoms with Crippen molar-refractivity contribution in [3.8, 4) is 6.07 Å². The second-order valence-corrected chi connectivity index (χ2v) is 11.7. The molecule has 2 aromatic heterocycles. The van der Waals surface area contributed by atoms with Crippen molar-refractivity contribution in [2.75, 3.05) is 18.9 Å². The van der Waals surface area contributed by atoms with Crippen LogP contribution in [0.5, 0.6) is 0 Å². The Morgan fingerprint density at radius 3 is 2.95 bits per heavy atom. The number of fused-ring (bicyclic) bond motifs is 2. The molecule has 3 aromatic rings. The Labute approximate surface area is 218 Å². The SMILES string of the molecule is CC1(C)O[C@@H]2[C@@H](COP3(=O)OCCC(c4cccc(C#N)c4)O3)O[C@@H](n3cnc4c(N)ncnc43)[C@]2(C)O1. The van der Waals surface area contributed by atoms with Crippen molar-refractivity contribution in [1.82, 2.24) is 19.5 Å². The smallest absolute Gasteiger partial charge is 0.382 e. The van der Waals surface area contributed by atoms with Crippen molar-refractivity contribution in [3.05, 3.63) is 48.0 Å². The van der Waals surface area contributed by atoms with Gasteiger partial charge in [0, 0.05) is 6.42 Å². The van der Waals surface area contributed by atoms with Crippen LogP contribution in [0.25, 0.3) is 11.2 Å². The van der Waals surface area contributed by atoms with E-state index in [0.717, 1.165) is 5.56 Å². The molecule has 6 rings (SSSR count). The fourth-order valence-electron chi connectivity index (χ4n) is 5.33. The molecule has 0 spiro atoms. The Morgan fingerprint density at radius 1 is 1.29 bits per heavy atom. The molecule has 2 N–H and O–H groups in total. The number of ether oxygens (including phenoxy) is 3. The summed E-state index contributed by atoms with van der Waals surface area (Å²) in [7, 11) is -3.94. The Hall–Kier alpha value is -2.95. The van der Waals surface area contributed by atoms with E-state index in [2.05, 4.69) is 21.0 Å². The maximum Gasteiger partial charge on any atom is 0.475 e. The third-order valence-corrected chi connectivity index (χ3v) is 8.36. The van der Waals surface area contributed by atoms with Gasteiger partial charge in [-0.15, -0.1) is 0 Å². The minimum Gasteiger partial charge on any atom is -0.382 e. The first-order valence-electron chi connectivity index (χ1n) is 12.1. The molecule has 6 atom stereocenters. The Balaban J connectivity index is 1.24. The zero-order valence-electron chi connectivity index (χ0n) is 21.0. The number of nitrogen functional groups attached to an aromatic ring is 1. The van der Waals surface area contributed by atoms with Crippen LogP contribution in [0.4, 0.5) is 5.82 Å². The maximum atomic E-state index is 13.4. The van der Waals surface area contributed by atoms with Crippen molar-refractivity contribution in [1.29, 1.82) is 5.26 Å². The molecule has 0 bridgehead atoms. The van der Waals surface area contributed by atoms with Crippen LogP contribution in [-0.4, -0.2) is 56.3 Å². The number of nitrogens with two attached hydrogens (primary N) is 1. The fraction of sp³-hybridized carbons (Fsp3) is 0.500. The lowest BCUT2D eigenvalue weighted by molar-refractivity contribution is -0.217. The van der Waals surface area contributed by atoms with Crippen molar-refractivity contribution in [2.45, 2.75) is 63.1 Å². The van der Waals surface area contributed by atoms with Crippen molar-refractivity contribution in [3.63, 3.8) is 0 Å². The minimum atomic E-state index is -3.94. The zero-order chi connectivity index (χ0) is 26.7. The molecule has 3 aliphatic rings. The second-order valence-electron chi connectivity index (χ2n) is 10.0. The van der Waals surface area contributed by atoms with E-state index in [-0.39, 0.29) is 19.0 Å². The van der Waals surface area contributed by atoms with E-state index in [1.807, 2.05) is 26.8 Å². The molecule has 13 nitrogen and oxygen atoms in total. The average molecular weight is 542 g/mol. The van der Waals surface area contributed by atoms with Gasteiger partial charge in [0.05, 0.1) is 37.3 Å². The van der Waals surface area contributed by atoms with Gasteiger partial charge in [-0.3, -0.25) is 18.1 Å². The topological polar surface area (TPSA) is 166 Å². The number of aromatic nitrogens is 4. The number of anilines is 1. The van der Waals surface area contributed by atoms with Gasteiger partial charge in [-0.25, -0.2) is 19.5 Å². The summed E-state index contributed by atoms with van der Waals surface area (Å²) in [5, 5.41) is 9.21. The van der Waals surface area contributed by atoms with Crippen LogP contribution < -0.4 is 5.73 Å². The van der Waals surface area contributed by atoms with Gasteiger partial charge in [-0.1, -0.05) is 12.1 Å². The van der Waals surface area contributed by atoms with Crippen LogP contribution in [-0.2, 0) is 32.3 Å². The number of phosphoric acid groups is 1. The lowest BCUT2D eigenvalue weighted by Crippen LogP contribution is -2.42. The van der Waals surface area contributed by atoms with Gasteiger partial charge >= 0.3 is 7.82 Å². The van der Waals surface area contributed by atoms with E-state index in [4.69, 9.17) is 33.5 Å². The van der Waals surface area contributed by atoms with Crippen LogP contribution in [0.3, 0.4) is 0 Å². The minimum absolute atomic E-state index is 0.151.